The van der Waals surface area contributed by atoms with Crippen LogP contribution in [0, 0.1) is 5.92 Å². The fraction of sp³-hybridized carbons (Fsp3) is 0.875. The Morgan fingerprint density at radius 2 is 2.11 bits per heavy atom. The maximum Gasteiger partial charge on any atom is 0.111 e. The topological polar surface area (TPSA) is 24.5 Å². The second-order valence-electron chi connectivity index (χ2n) is 6.41. The molecule has 1 N–H and O–H groups in total. The van der Waals surface area contributed by atoms with Crippen LogP contribution in [0.25, 0.3) is 0 Å². The zero-order chi connectivity index (χ0) is 13.9. The molecule has 2 rings (SSSR count). The van der Waals surface area contributed by atoms with E-state index in [9.17, 15) is 0 Å². The van der Waals surface area contributed by atoms with E-state index in [1.54, 1.807) is 0 Å². The smallest absolute Gasteiger partial charge is 0.111 e. The van der Waals surface area contributed by atoms with E-state index in [0.29, 0.717) is 6.04 Å². The predicted molar refractivity (Wildman–Crippen MR) is 80.2 cm³/mol. The molecule has 1 saturated carbocycles. The van der Waals surface area contributed by atoms with Crippen LogP contribution < -0.4 is 5.32 Å². The van der Waals surface area contributed by atoms with Crippen LogP contribution in [0.4, 0.5) is 0 Å². The summed E-state index contributed by atoms with van der Waals surface area (Å²) in [6.07, 6.45) is 8.54. The largest absolute Gasteiger partial charge is 0.496 e. The molecule has 0 aromatic rings. The Balaban J connectivity index is 2.23. The van der Waals surface area contributed by atoms with Gasteiger partial charge in [0.2, 0.25) is 0 Å². The molecule has 2 aliphatic rings. The second-order valence-corrected chi connectivity index (χ2v) is 6.41. The molecule has 1 aliphatic heterocycles. The van der Waals surface area contributed by atoms with E-state index in [0.717, 1.165) is 25.5 Å². The number of likely N-dealkylation sites (N-methyl/N-ethyl adjacent to an activating group) is 2. The number of nitrogens with zero attached hydrogens (tertiary/aromatic N) is 1. The Hall–Kier alpha value is -0.540. The summed E-state index contributed by atoms with van der Waals surface area (Å²) in [6.45, 7) is 6.43. The molecule has 1 heterocycles. The van der Waals surface area contributed by atoms with Crippen molar-refractivity contribution in [2.75, 3.05) is 27.2 Å². The molecule has 3 nitrogen and oxygen atoms in total. The first kappa shape index (κ1) is 14.9. The van der Waals surface area contributed by atoms with Gasteiger partial charge in [0, 0.05) is 12.0 Å². The average Bonchev–Trinajstić information content (AvgIpc) is 2.91. The molecular weight excluding hydrogens is 236 g/mol. The van der Waals surface area contributed by atoms with Crippen molar-refractivity contribution in [1.29, 1.82) is 0 Å². The zero-order valence-electron chi connectivity index (χ0n) is 13.0. The molecule has 0 radical (unpaired) electrons. The van der Waals surface area contributed by atoms with E-state index in [4.69, 9.17) is 4.74 Å². The van der Waals surface area contributed by atoms with Gasteiger partial charge in [-0.2, -0.15) is 0 Å². The average molecular weight is 266 g/mol. The highest BCUT2D eigenvalue weighted by Gasteiger charge is 2.45. The van der Waals surface area contributed by atoms with E-state index in [-0.39, 0.29) is 5.54 Å². The predicted octanol–water partition coefficient (Wildman–Crippen LogP) is 2.78. The molecule has 0 bridgehead atoms. The Morgan fingerprint density at radius 1 is 1.42 bits per heavy atom. The van der Waals surface area contributed by atoms with Crippen molar-refractivity contribution in [3.8, 4) is 0 Å². The minimum absolute atomic E-state index is 0.221. The summed E-state index contributed by atoms with van der Waals surface area (Å²) >= 11 is 0. The standard InChI is InChI=1S/C16H30N2O/c1-5-17-15(14-7-6-12-19-14)16(18(3)4)10-8-13(2)9-11-16/h7,13,15,17H,5-6,8-12H2,1-4H3. The molecule has 3 heteroatoms. The molecule has 1 unspecified atom stereocenters. The SMILES string of the molecule is CCNC(C1=CCCO1)C1(N(C)C)CCC(C)CC1. The van der Waals surface area contributed by atoms with E-state index >= 15 is 0 Å². The fourth-order valence-electron chi connectivity index (χ4n) is 3.65. The highest BCUT2D eigenvalue weighted by molar-refractivity contribution is 5.18. The van der Waals surface area contributed by atoms with Gasteiger partial charge >= 0.3 is 0 Å². The van der Waals surface area contributed by atoms with Crippen LogP contribution in [0.2, 0.25) is 0 Å². The lowest BCUT2D eigenvalue weighted by atomic mass is 9.71. The molecule has 1 atom stereocenters. The number of rotatable bonds is 5. The van der Waals surface area contributed by atoms with Crippen molar-refractivity contribution < 1.29 is 4.74 Å². The molecule has 0 saturated heterocycles. The molecule has 0 spiro atoms. The summed E-state index contributed by atoms with van der Waals surface area (Å²) in [4.78, 5) is 2.44. The van der Waals surface area contributed by atoms with Gasteiger partial charge < -0.3 is 15.0 Å². The third kappa shape index (κ3) is 2.97. The van der Waals surface area contributed by atoms with E-state index in [2.05, 4.69) is 44.2 Å². The number of hydrogen-bond acceptors (Lipinski definition) is 3. The minimum atomic E-state index is 0.221. The third-order valence-corrected chi connectivity index (χ3v) is 4.99. The Bertz CT molecular complexity index is 317. The van der Waals surface area contributed by atoms with Crippen LogP contribution in [-0.4, -0.2) is 43.7 Å². The first-order valence-corrected chi connectivity index (χ1v) is 7.84. The molecule has 1 fully saturated rings. The number of ether oxygens (including phenoxy) is 1. The van der Waals surface area contributed by atoms with Gasteiger partial charge in [-0.3, -0.25) is 0 Å². The quantitative estimate of drug-likeness (QED) is 0.828. The van der Waals surface area contributed by atoms with Gasteiger partial charge in [-0.05, 0) is 58.3 Å². The van der Waals surface area contributed by atoms with E-state index < -0.39 is 0 Å². The molecule has 19 heavy (non-hydrogen) atoms. The molecular formula is C16H30N2O. The lowest BCUT2D eigenvalue weighted by molar-refractivity contribution is 0.0354. The van der Waals surface area contributed by atoms with Crippen LogP contribution in [0.15, 0.2) is 11.8 Å². The normalized spacial score (nSPS) is 33.1. The summed E-state index contributed by atoms with van der Waals surface area (Å²) in [5, 5.41) is 3.70. The van der Waals surface area contributed by atoms with Crippen molar-refractivity contribution >= 4 is 0 Å². The zero-order valence-corrected chi connectivity index (χ0v) is 13.0. The third-order valence-electron chi connectivity index (χ3n) is 4.99. The number of hydrogen-bond donors (Lipinski definition) is 1. The summed E-state index contributed by atoms with van der Waals surface area (Å²) < 4.78 is 5.89. The molecule has 110 valence electrons. The Labute approximate surface area is 118 Å². The van der Waals surface area contributed by atoms with Gasteiger partial charge in [0.1, 0.15) is 5.76 Å². The van der Waals surface area contributed by atoms with Crippen LogP contribution in [0.1, 0.15) is 46.0 Å². The van der Waals surface area contributed by atoms with Crippen molar-refractivity contribution in [3.05, 3.63) is 11.8 Å². The van der Waals surface area contributed by atoms with Crippen LogP contribution in [0.3, 0.4) is 0 Å². The van der Waals surface area contributed by atoms with Gasteiger partial charge in [0.25, 0.3) is 0 Å². The van der Waals surface area contributed by atoms with Crippen LogP contribution in [0.5, 0.6) is 0 Å². The summed E-state index contributed by atoms with van der Waals surface area (Å²) in [5.74, 6) is 2.05. The molecule has 0 amide bonds. The van der Waals surface area contributed by atoms with Crippen molar-refractivity contribution in [1.82, 2.24) is 10.2 Å². The first-order valence-electron chi connectivity index (χ1n) is 7.84. The monoisotopic (exact) mass is 266 g/mol. The van der Waals surface area contributed by atoms with Crippen molar-refractivity contribution in [2.24, 2.45) is 5.92 Å². The highest BCUT2D eigenvalue weighted by Crippen LogP contribution is 2.40. The van der Waals surface area contributed by atoms with Crippen molar-refractivity contribution in [3.63, 3.8) is 0 Å². The maximum atomic E-state index is 5.89. The van der Waals surface area contributed by atoms with E-state index in [1.165, 1.54) is 31.4 Å². The Kier molecular flexibility index (Phi) is 4.91. The fourth-order valence-corrected chi connectivity index (χ4v) is 3.65. The van der Waals surface area contributed by atoms with Crippen LogP contribution in [-0.2, 0) is 4.74 Å². The van der Waals surface area contributed by atoms with Gasteiger partial charge in [-0.25, -0.2) is 0 Å². The van der Waals surface area contributed by atoms with Gasteiger partial charge in [0.15, 0.2) is 0 Å². The minimum Gasteiger partial charge on any atom is -0.496 e. The summed E-state index contributed by atoms with van der Waals surface area (Å²) in [7, 11) is 4.46. The lowest BCUT2D eigenvalue weighted by Gasteiger charge is -2.49. The van der Waals surface area contributed by atoms with Gasteiger partial charge in [-0.15, -0.1) is 0 Å². The Morgan fingerprint density at radius 3 is 2.58 bits per heavy atom. The van der Waals surface area contributed by atoms with Gasteiger partial charge in [0.05, 0.1) is 12.6 Å². The molecule has 1 aliphatic carbocycles. The highest BCUT2D eigenvalue weighted by atomic mass is 16.5. The maximum absolute atomic E-state index is 5.89. The second kappa shape index (κ2) is 6.27. The van der Waals surface area contributed by atoms with Crippen LogP contribution >= 0.6 is 0 Å². The lowest BCUT2D eigenvalue weighted by Crippen LogP contribution is -2.61. The number of nitrogens with one attached hydrogen (secondary N) is 1. The van der Waals surface area contributed by atoms with E-state index in [1.807, 2.05) is 0 Å². The van der Waals surface area contributed by atoms with Gasteiger partial charge in [-0.1, -0.05) is 13.8 Å². The summed E-state index contributed by atoms with van der Waals surface area (Å²) in [5.41, 5.74) is 0.221. The molecule has 0 aromatic carbocycles. The summed E-state index contributed by atoms with van der Waals surface area (Å²) in [6, 6.07) is 0.350. The van der Waals surface area contributed by atoms with Crippen molar-refractivity contribution in [2.45, 2.75) is 57.5 Å². The first-order chi connectivity index (χ1) is 9.10. The molecule has 0 aromatic heterocycles.